The average molecular weight is 290 g/mol. The van der Waals surface area contributed by atoms with E-state index in [1.54, 1.807) is 29.2 Å². The number of nitrogens with zero attached hydrogens (tertiary/aromatic N) is 2. The normalized spacial score (nSPS) is 10.1. The van der Waals surface area contributed by atoms with Crippen LogP contribution in [0.4, 0.5) is 0 Å². The summed E-state index contributed by atoms with van der Waals surface area (Å²) in [7, 11) is 0. The average Bonchev–Trinajstić information content (AvgIpc) is 2.53. The van der Waals surface area contributed by atoms with Crippen LogP contribution in [0.3, 0.4) is 0 Å². The van der Waals surface area contributed by atoms with Gasteiger partial charge in [-0.25, -0.2) is 0 Å². The zero-order valence-electron chi connectivity index (χ0n) is 12.7. The van der Waals surface area contributed by atoms with Gasteiger partial charge in [-0.1, -0.05) is 6.07 Å². The van der Waals surface area contributed by atoms with E-state index in [4.69, 9.17) is 14.7 Å². The lowest BCUT2D eigenvalue weighted by atomic mass is 10.1. The molecule has 5 heteroatoms. The Hall–Kier alpha value is -1.90. The summed E-state index contributed by atoms with van der Waals surface area (Å²) in [5.74, 6) is -0.105. The van der Waals surface area contributed by atoms with Gasteiger partial charge in [-0.05, 0) is 32.0 Å². The van der Waals surface area contributed by atoms with E-state index in [1.807, 2.05) is 19.9 Å². The Morgan fingerprint density at radius 3 is 2.33 bits per heavy atom. The van der Waals surface area contributed by atoms with Gasteiger partial charge in [-0.2, -0.15) is 5.26 Å². The second-order valence-corrected chi connectivity index (χ2v) is 4.38. The number of amides is 1. The van der Waals surface area contributed by atoms with Gasteiger partial charge < -0.3 is 14.4 Å². The van der Waals surface area contributed by atoms with Crippen molar-refractivity contribution in [2.24, 2.45) is 0 Å². The molecule has 0 aliphatic rings. The van der Waals surface area contributed by atoms with Gasteiger partial charge in [0, 0.05) is 31.9 Å². The molecule has 0 saturated heterocycles. The van der Waals surface area contributed by atoms with Crippen LogP contribution >= 0.6 is 0 Å². The van der Waals surface area contributed by atoms with Gasteiger partial charge in [-0.3, -0.25) is 4.79 Å². The molecule has 0 bridgehead atoms. The highest BCUT2D eigenvalue weighted by molar-refractivity contribution is 5.94. The molecule has 21 heavy (non-hydrogen) atoms. The molecule has 1 aromatic rings. The number of ether oxygens (including phenoxy) is 2. The third-order valence-corrected chi connectivity index (χ3v) is 2.95. The number of hydrogen-bond donors (Lipinski definition) is 0. The highest BCUT2D eigenvalue weighted by atomic mass is 16.5. The summed E-state index contributed by atoms with van der Waals surface area (Å²) in [5, 5.41) is 8.91. The monoisotopic (exact) mass is 290 g/mol. The van der Waals surface area contributed by atoms with Gasteiger partial charge in [-0.15, -0.1) is 0 Å². The standard InChI is InChI=1S/C16H22N2O3/c1-3-20-10-8-18(9-11-21-4-2)16(19)15-7-5-6-14(12-15)13-17/h5-7,12H,3-4,8-11H2,1-2H3. The summed E-state index contributed by atoms with van der Waals surface area (Å²) in [6, 6.07) is 8.77. The Kier molecular flexibility index (Phi) is 8.10. The molecule has 0 spiro atoms. The fourth-order valence-corrected chi connectivity index (χ4v) is 1.86. The first-order chi connectivity index (χ1) is 10.2. The van der Waals surface area contributed by atoms with E-state index in [0.29, 0.717) is 50.6 Å². The molecule has 0 fully saturated rings. The predicted octanol–water partition coefficient (Wildman–Crippen LogP) is 2.07. The maximum Gasteiger partial charge on any atom is 0.254 e. The number of carbonyl (C=O) groups is 1. The van der Waals surface area contributed by atoms with Crippen molar-refractivity contribution in [3.8, 4) is 6.07 Å². The largest absolute Gasteiger partial charge is 0.380 e. The number of carbonyl (C=O) groups excluding carboxylic acids is 1. The zero-order chi connectivity index (χ0) is 15.5. The molecule has 0 aromatic heterocycles. The summed E-state index contributed by atoms with van der Waals surface area (Å²) < 4.78 is 10.6. The molecule has 0 heterocycles. The molecular weight excluding hydrogens is 268 g/mol. The number of nitriles is 1. The molecule has 0 radical (unpaired) electrons. The summed E-state index contributed by atoms with van der Waals surface area (Å²) in [6.07, 6.45) is 0. The molecule has 0 aliphatic heterocycles. The Bertz CT molecular complexity index is 473. The first-order valence-electron chi connectivity index (χ1n) is 7.17. The van der Waals surface area contributed by atoms with Crippen molar-refractivity contribution in [3.63, 3.8) is 0 Å². The second-order valence-electron chi connectivity index (χ2n) is 4.38. The highest BCUT2D eigenvalue weighted by Crippen LogP contribution is 2.08. The van der Waals surface area contributed by atoms with Crippen molar-refractivity contribution < 1.29 is 14.3 Å². The Labute approximate surface area is 126 Å². The van der Waals surface area contributed by atoms with E-state index in [0.717, 1.165) is 0 Å². The maximum atomic E-state index is 12.5. The van der Waals surface area contributed by atoms with Gasteiger partial charge in [0.25, 0.3) is 5.91 Å². The molecule has 1 amide bonds. The van der Waals surface area contributed by atoms with Gasteiger partial charge >= 0.3 is 0 Å². The van der Waals surface area contributed by atoms with Gasteiger partial charge in [0.2, 0.25) is 0 Å². The van der Waals surface area contributed by atoms with Crippen LogP contribution in [-0.2, 0) is 9.47 Å². The third kappa shape index (κ3) is 5.94. The smallest absolute Gasteiger partial charge is 0.254 e. The molecule has 0 N–H and O–H groups in total. The first-order valence-corrected chi connectivity index (χ1v) is 7.17. The van der Waals surface area contributed by atoms with Crippen molar-refractivity contribution in [2.75, 3.05) is 39.5 Å². The fraction of sp³-hybridized carbons (Fsp3) is 0.500. The van der Waals surface area contributed by atoms with Crippen molar-refractivity contribution in [3.05, 3.63) is 35.4 Å². The Morgan fingerprint density at radius 2 is 1.81 bits per heavy atom. The molecular formula is C16H22N2O3. The van der Waals surface area contributed by atoms with E-state index in [2.05, 4.69) is 0 Å². The molecule has 0 saturated carbocycles. The topological polar surface area (TPSA) is 62.6 Å². The summed E-state index contributed by atoms with van der Waals surface area (Å²) in [5.41, 5.74) is 0.998. The Morgan fingerprint density at radius 1 is 1.19 bits per heavy atom. The quantitative estimate of drug-likeness (QED) is 0.653. The molecule has 5 nitrogen and oxygen atoms in total. The summed E-state index contributed by atoms with van der Waals surface area (Å²) >= 11 is 0. The van der Waals surface area contributed by atoms with Crippen molar-refractivity contribution in [1.82, 2.24) is 4.90 Å². The lowest BCUT2D eigenvalue weighted by Gasteiger charge is -2.22. The van der Waals surface area contributed by atoms with Crippen LogP contribution in [0.5, 0.6) is 0 Å². The van der Waals surface area contributed by atoms with Crippen LogP contribution in [0.25, 0.3) is 0 Å². The molecule has 0 aliphatic carbocycles. The molecule has 0 atom stereocenters. The van der Waals surface area contributed by atoms with Crippen LogP contribution in [-0.4, -0.2) is 50.3 Å². The van der Waals surface area contributed by atoms with E-state index >= 15 is 0 Å². The molecule has 1 aromatic carbocycles. The van der Waals surface area contributed by atoms with E-state index in [1.165, 1.54) is 0 Å². The minimum absolute atomic E-state index is 0.105. The minimum Gasteiger partial charge on any atom is -0.380 e. The zero-order valence-corrected chi connectivity index (χ0v) is 12.7. The molecule has 0 unspecified atom stereocenters. The highest BCUT2D eigenvalue weighted by Gasteiger charge is 2.15. The lowest BCUT2D eigenvalue weighted by molar-refractivity contribution is 0.0550. The van der Waals surface area contributed by atoms with Crippen LogP contribution in [0.1, 0.15) is 29.8 Å². The van der Waals surface area contributed by atoms with Crippen LogP contribution < -0.4 is 0 Å². The fourth-order valence-electron chi connectivity index (χ4n) is 1.86. The maximum absolute atomic E-state index is 12.5. The number of benzene rings is 1. The van der Waals surface area contributed by atoms with Crippen molar-refractivity contribution >= 4 is 5.91 Å². The molecule has 114 valence electrons. The molecule has 1 rings (SSSR count). The third-order valence-electron chi connectivity index (χ3n) is 2.95. The minimum atomic E-state index is -0.105. The van der Waals surface area contributed by atoms with Gasteiger partial charge in [0.05, 0.1) is 24.8 Å². The van der Waals surface area contributed by atoms with E-state index < -0.39 is 0 Å². The second kappa shape index (κ2) is 9.92. The summed E-state index contributed by atoms with van der Waals surface area (Å²) in [6.45, 7) is 7.09. The van der Waals surface area contributed by atoms with Gasteiger partial charge in [0.15, 0.2) is 0 Å². The predicted molar refractivity (Wildman–Crippen MR) is 80.0 cm³/mol. The Balaban J connectivity index is 2.74. The SMILES string of the molecule is CCOCCN(CCOCC)C(=O)c1cccc(C#N)c1. The van der Waals surface area contributed by atoms with Crippen LogP contribution in [0.15, 0.2) is 24.3 Å². The first kappa shape index (κ1) is 17.2. The lowest BCUT2D eigenvalue weighted by Crippen LogP contribution is -2.36. The summed E-state index contributed by atoms with van der Waals surface area (Å²) in [4.78, 5) is 14.2. The number of rotatable bonds is 9. The van der Waals surface area contributed by atoms with Crippen LogP contribution in [0.2, 0.25) is 0 Å². The van der Waals surface area contributed by atoms with E-state index in [-0.39, 0.29) is 5.91 Å². The van der Waals surface area contributed by atoms with Gasteiger partial charge in [0.1, 0.15) is 0 Å². The number of hydrogen-bond acceptors (Lipinski definition) is 4. The van der Waals surface area contributed by atoms with Crippen molar-refractivity contribution in [1.29, 1.82) is 5.26 Å². The van der Waals surface area contributed by atoms with Crippen LogP contribution in [0, 0.1) is 11.3 Å². The van der Waals surface area contributed by atoms with Crippen molar-refractivity contribution in [2.45, 2.75) is 13.8 Å². The van der Waals surface area contributed by atoms with E-state index in [9.17, 15) is 4.79 Å².